The quantitative estimate of drug-likeness (QED) is 0.929. The van der Waals surface area contributed by atoms with E-state index in [-0.39, 0.29) is 11.8 Å². The van der Waals surface area contributed by atoms with E-state index in [2.05, 4.69) is 5.32 Å². The zero-order chi connectivity index (χ0) is 17.2. The maximum absolute atomic E-state index is 12.6. The second-order valence-corrected chi connectivity index (χ2v) is 6.00. The third kappa shape index (κ3) is 3.03. The third-order valence-corrected chi connectivity index (χ3v) is 4.38. The average Bonchev–Trinajstić information content (AvgIpc) is 3.02. The molecule has 1 saturated heterocycles. The number of carbonyl (C=O) groups is 2. The number of ether oxygens (including phenoxy) is 2. The van der Waals surface area contributed by atoms with Gasteiger partial charge in [0, 0.05) is 17.8 Å². The molecule has 2 amide bonds. The molecule has 2 aliphatic rings. The lowest BCUT2D eigenvalue weighted by molar-refractivity contribution is -0.118. The SMILES string of the molecule is O=C(N[C@@H]1CCN(c2ccccc2)C1=O)c1ccc2c(c1)OCCO2. The van der Waals surface area contributed by atoms with E-state index < -0.39 is 6.04 Å². The highest BCUT2D eigenvalue weighted by Gasteiger charge is 2.33. The van der Waals surface area contributed by atoms with Crippen molar-refractivity contribution in [1.82, 2.24) is 5.32 Å². The largest absolute Gasteiger partial charge is 0.486 e. The van der Waals surface area contributed by atoms with Crippen LogP contribution in [-0.4, -0.2) is 37.6 Å². The zero-order valence-corrected chi connectivity index (χ0v) is 13.6. The Balaban J connectivity index is 1.45. The summed E-state index contributed by atoms with van der Waals surface area (Å²) in [5, 5.41) is 2.82. The molecule has 2 aromatic rings. The maximum Gasteiger partial charge on any atom is 0.252 e. The summed E-state index contributed by atoms with van der Waals surface area (Å²) in [5.74, 6) is 0.819. The summed E-state index contributed by atoms with van der Waals surface area (Å²) in [5.41, 5.74) is 1.30. The minimum absolute atomic E-state index is 0.0860. The summed E-state index contributed by atoms with van der Waals surface area (Å²) in [6.07, 6.45) is 0.587. The minimum atomic E-state index is -0.513. The fraction of sp³-hybridized carbons (Fsp3) is 0.263. The number of hydrogen-bond donors (Lipinski definition) is 1. The van der Waals surface area contributed by atoms with Gasteiger partial charge in [0.15, 0.2) is 11.5 Å². The molecule has 1 atom stereocenters. The van der Waals surface area contributed by atoms with Gasteiger partial charge < -0.3 is 19.7 Å². The van der Waals surface area contributed by atoms with Crippen molar-refractivity contribution in [3.05, 3.63) is 54.1 Å². The van der Waals surface area contributed by atoms with E-state index in [1.54, 1.807) is 23.1 Å². The van der Waals surface area contributed by atoms with Crippen LogP contribution in [0.3, 0.4) is 0 Å². The minimum Gasteiger partial charge on any atom is -0.486 e. The zero-order valence-electron chi connectivity index (χ0n) is 13.6. The number of anilines is 1. The van der Waals surface area contributed by atoms with Gasteiger partial charge in [0.1, 0.15) is 19.3 Å². The molecule has 0 aliphatic carbocycles. The van der Waals surface area contributed by atoms with Gasteiger partial charge in [-0.3, -0.25) is 9.59 Å². The van der Waals surface area contributed by atoms with Gasteiger partial charge in [-0.05, 0) is 36.8 Å². The molecular weight excluding hydrogens is 320 g/mol. The normalized spacial score (nSPS) is 19.0. The van der Waals surface area contributed by atoms with E-state index >= 15 is 0 Å². The van der Waals surface area contributed by atoms with Crippen LogP contribution in [0.25, 0.3) is 0 Å². The summed E-state index contributed by atoms with van der Waals surface area (Å²) in [7, 11) is 0. The van der Waals surface area contributed by atoms with Gasteiger partial charge in [0.25, 0.3) is 5.91 Å². The smallest absolute Gasteiger partial charge is 0.252 e. The van der Waals surface area contributed by atoms with Crippen molar-refractivity contribution in [2.45, 2.75) is 12.5 Å². The molecule has 1 N–H and O–H groups in total. The summed E-state index contributed by atoms with van der Waals surface area (Å²) >= 11 is 0. The Hall–Kier alpha value is -3.02. The summed E-state index contributed by atoms with van der Waals surface area (Å²) in [6, 6.07) is 14.0. The first-order valence-corrected chi connectivity index (χ1v) is 8.29. The Kier molecular flexibility index (Phi) is 4.01. The lowest BCUT2D eigenvalue weighted by Crippen LogP contribution is -2.41. The van der Waals surface area contributed by atoms with E-state index in [1.165, 1.54) is 0 Å². The van der Waals surface area contributed by atoms with Crippen LogP contribution in [-0.2, 0) is 4.79 Å². The van der Waals surface area contributed by atoms with Gasteiger partial charge in [0.2, 0.25) is 5.91 Å². The number of hydrogen-bond acceptors (Lipinski definition) is 4. The van der Waals surface area contributed by atoms with Crippen LogP contribution in [0.1, 0.15) is 16.8 Å². The number of nitrogens with zero attached hydrogens (tertiary/aromatic N) is 1. The molecule has 6 nitrogen and oxygen atoms in total. The highest BCUT2D eigenvalue weighted by atomic mass is 16.6. The molecule has 2 aromatic carbocycles. The number of nitrogens with one attached hydrogen (secondary N) is 1. The number of para-hydroxylation sites is 1. The van der Waals surface area contributed by atoms with Crippen LogP contribution in [0.15, 0.2) is 48.5 Å². The van der Waals surface area contributed by atoms with Crippen molar-refractivity contribution in [1.29, 1.82) is 0 Å². The third-order valence-electron chi connectivity index (χ3n) is 4.38. The summed E-state index contributed by atoms with van der Waals surface area (Å²) in [6.45, 7) is 1.56. The maximum atomic E-state index is 12.6. The molecule has 0 unspecified atom stereocenters. The van der Waals surface area contributed by atoms with Gasteiger partial charge >= 0.3 is 0 Å². The molecule has 0 spiro atoms. The van der Waals surface area contributed by atoms with Gasteiger partial charge in [-0.25, -0.2) is 0 Å². The highest BCUT2D eigenvalue weighted by Crippen LogP contribution is 2.31. The van der Waals surface area contributed by atoms with Crippen molar-refractivity contribution in [3.8, 4) is 11.5 Å². The Morgan fingerprint density at radius 2 is 1.80 bits per heavy atom. The first kappa shape index (κ1) is 15.5. The highest BCUT2D eigenvalue weighted by molar-refractivity contribution is 6.04. The van der Waals surface area contributed by atoms with E-state index in [0.29, 0.717) is 43.2 Å². The van der Waals surface area contributed by atoms with E-state index in [9.17, 15) is 9.59 Å². The summed E-state index contributed by atoms with van der Waals surface area (Å²) < 4.78 is 11.0. The Bertz CT molecular complexity index is 806. The molecule has 4 rings (SSSR count). The first-order valence-electron chi connectivity index (χ1n) is 8.29. The molecular formula is C19H18N2O4. The molecule has 0 saturated carbocycles. The molecule has 0 bridgehead atoms. The van der Waals surface area contributed by atoms with Crippen molar-refractivity contribution < 1.29 is 19.1 Å². The second kappa shape index (κ2) is 6.47. The van der Waals surface area contributed by atoms with Gasteiger partial charge in [-0.2, -0.15) is 0 Å². The fourth-order valence-corrected chi connectivity index (χ4v) is 3.10. The fourth-order valence-electron chi connectivity index (χ4n) is 3.10. The van der Waals surface area contributed by atoms with Crippen LogP contribution < -0.4 is 19.7 Å². The lowest BCUT2D eigenvalue weighted by atomic mass is 10.1. The summed E-state index contributed by atoms with van der Waals surface area (Å²) in [4.78, 5) is 26.8. The predicted molar refractivity (Wildman–Crippen MR) is 92.1 cm³/mol. The molecule has 25 heavy (non-hydrogen) atoms. The molecule has 2 heterocycles. The topological polar surface area (TPSA) is 67.9 Å². The van der Waals surface area contributed by atoms with Crippen LogP contribution in [0.2, 0.25) is 0 Å². The number of amides is 2. The molecule has 1 fully saturated rings. The van der Waals surface area contributed by atoms with Crippen LogP contribution in [0.5, 0.6) is 11.5 Å². The Labute approximate surface area is 145 Å². The second-order valence-electron chi connectivity index (χ2n) is 6.00. The van der Waals surface area contributed by atoms with E-state index in [1.807, 2.05) is 30.3 Å². The monoisotopic (exact) mass is 338 g/mol. The van der Waals surface area contributed by atoms with Gasteiger partial charge in [-0.15, -0.1) is 0 Å². The van der Waals surface area contributed by atoms with E-state index in [0.717, 1.165) is 5.69 Å². The van der Waals surface area contributed by atoms with Crippen molar-refractivity contribution in [3.63, 3.8) is 0 Å². The molecule has 0 radical (unpaired) electrons. The number of benzene rings is 2. The molecule has 6 heteroatoms. The standard InChI is InChI=1S/C19H18N2O4/c22-18(13-6-7-16-17(12-13)25-11-10-24-16)20-15-8-9-21(19(15)23)14-4-2-1-3-5-14/h1-7,12,15H,8-11H2,(H,20,22)/t15-/m1/s1. The van der Waals surface area contributed by atoms with Crippen molar-refractivity contribution in [2.24, 2.45) is 0 Å². The van der Waals surface area contributed by atoms with Crippen molar-refractivity contribution in [2.75, 3.05) is 24.7 Å². The van der Waals surface area contributed by atoms with E-state index in [4.69, 9.17) is 9.47 Å². The Morgan fingerprint density at radius 1 is 1.04 bits per heavy atom. The van der Waals surface area contributed by atoms with Crippen LogP contribution in [0, 0.1) is 0 Å². The predicted octanol–water partition coefficient (Wildman–Crippen LogP) is 1.99. The number of fused-ring (bicyclic) bond motifs is 1. The number of rotatable bonds is 3. The molecule has 0 aromatic heterocycles. The molecule has 2 aliphatic heterocycles. The van der Waals surface area contributed by atoms with Crippen LogP contribution in [0.4, 0.5) is 5.69 Å². The average molecular weight is 338 g/mol. The lowest BCUT2D eigenvalue weighted by Gasteiger charge is -2.19. The number of carbonyl (C=O) groups excluding carboxylic acids is 2. The van der Waals surface area contributed by atoms with Gasteiger partial charge in [0.05, 0.1) is 0 Å². The van der Waals surface area contributed by atoms with Gasteiger partial charge in [-0.1, -0.05) is 18.2 Å². The Morgan fingerprint density at radius 3 is 2.60 bits per heavy atom. The first-order chi connectivity index (χ1) is 12.2. The molecule has 128 valence electrons. The van der Waals surface area contributed by atoms with Crippen LogP contribution >= 0.6 is 0 Å². The van der Waals surface area contributed by atoms with Crippen molar-refractivity contribution >= 4 is 17.5 Å².